The molecular formula is C28H25N. The lowest BCUT2D eigenvalue weighted by atomic mass is 9.86. The number of nitrogens with zero attached hydrogens (tertiary/aromatic N) is 1. The Balaban J connectivity index is 1.72. The molecule has 1 heteroatoms. The van der Waals surface area contributed by atoms with Gasteiger partial charge in [-0.25, -0.2) is 0 Å². The van der Waals surface area contributed by atoms with Crippen molar-refractivity contribution in [3.8, 4) is 16.8 Å². The van der Waals surface area contributed by atoms with E-state index >= 15 is 0 Å². The van der Waals surface area contributed by atoms with Crippen molar-refractivity contribution in [2.45, 2.75) is 26.2 Å². The summed E-state index contributed by atoms with van der Waals surface area (Å²) in [7, 11) is 0. The molecule has 0 aliphatic carbocycles. The lowest BCUT2D eigenvalue weighted by Gasteiger charge is -2.19. The third-order valence-corrected chi connectivity index (χ3v) is 5.77. The molecule has 142 valence electrons. The van der Waals surface area contributed by atoms with Gasteiger partial charge in [-0.15, -0.1) is 0 Å². The summed E-state index contributed by atoms with van der Waals surface area (Å²) in [5.41, 5.74) is 7.69. The van der Waals surface area contributed by atoms with Gasteiger partial charge in [-0.3, -0.25) is 0 Å². The van der Waals surface area contributed by atoms with Gasteiger partial charge in [-0.2, -0.15) is 0 Å². The third-order valence-electron chi connectivity index (χ3n) is 5.77. The highest BCUT2D eigenvalue weighted by molar-refractivity contribution is 6.09. The van der Waals surface area contributed by atoms with Crippen molar-refractivity contribution in [3.05, 3.63) is 103 Å². The van der Waals surface area contributed by atoms with Crippen LogP contribution in [0, 0.1) is 0 Å². The summed E-state index contributed by atoms with van der Waals surface area (Å²) in [5, 5.41) is 2.63. The molecule has 0 amide bonds. The van der Waals surface area contributed by atoms with E-state index in [-0.39, 0.29) is 5.41 Å². The van der Waals surface area contributed by atoms with E-state index in [1.54, 1.807) is 0 Å². The first-order valence-electron chi connectivity index (χ1n) is 10.2. The van der Waals surface area contributed by atoms with Crippen molar-refractivity contribution in [2.75, 3.05) is 0 Å². The largest absolute Gasteiger partial charge is 0.309 e. The van der Waals surface area contributed by atoms with Crippen LogP contribution in [0.5, 0.6) is 0 Å². The second kappa shape index (κ2) is 6.63. The summed E-state index contributed by atoms with van der Waals surface area (Å²) in [6, 6.07) is 35.1. The Morgan fingerprint density at radius 2 is 1.17 bits per heavy atom. The monoisotopic (exact) mass is 375 g/mol. The fourth-order valence-corrected chi connectivity index (χ4v) is 4.15. The molecule has 0 radical (unpaired) electrons. The minimum atomic E-state index is 0.134. The number of hydrogen-bond acceptors (Lipinski definition) is 0. The van der Waals surface area contributed by atoms with Gasteiger partial charge in [0.05, 0.1) is 11.0 Å². The maximum Gasteiger partial charge on any atom is 0.0541 e. The minimum absolute atomic E-state index is 0.134. The summed E-state index contributed by atoms with van der Waals surface area (Å²) in [6.07, 6.45) is 0. The highest BCUT2D eigenvalue weighted by atomic mass is 15.0. The van der Waals surface area contributed by atoms with E-state index in [0.29, 0.717) is 0 Å². The zero-order chi connectivity index (χ0) is 20.0. The first-order chi connectivity index (χ1) is 14.0. The molecule has 5 rings (SSSR count). The molecule has 1 nitrogen and oxygen atoms in total. The van der Waals surface area contributed by atoms with Gasteiger partial charge in [0.2, 0.25) is 0 Å². The van der Waals surface area contributed by atoms with Crippen molar-refractivity contribution in [2.24, 2.45) is 0 Å². The molecule has 0 atom stereocenters. The number of hydrogen-bond donors (Lipinski definition) is 0. The van der Waals surface area contributed by atoms with Crippen molar-refractivity contribution in [1.29, 1.82) is 0 Å². The topological polar surface area (TPSA) is 4.93 Å². The van der Waals surface area contributed by atoms with Gasteiger partial charge in [0.15, 0.2) is 0 Å². The first-order valence-corrected chi connectivity index (χ1v) is 10.2. The lowest BCUT2D eigenvalue weighted by molar-refractivity contribution is 0.591. The Hall–Kier alpha value is -3.32. The molecule has 0 spiro atoms. The maximum atomic E-state index is 2.38. The van der Waals surface area contributed by atoms with E-state index in [9.17, 15) is 0 Å². The van der Waals surface area contributed by atoms with Gasteiger partial charge in [0.25, 0.3) is 0 Å². The molecule has 29 heavy (non-hydrogen) atoms. The fraction of sp³-hybridized carbons (Fsp3) is 0.143. The zero-order valence-electron chi connectivity index (χ0n) is 17.2. The van der Waals surface area contributed by atoms with E-state index in [1.807, 2.05) is 0 Å². The zero-order valence-corrected chi connectivity index (χ0v) is 17.2. The fourth-order valence-electron chi connectivity index (χ4n) is 4.15. The molecule has 0 bridgehead atoms. The molecule has 0 aliphatic rings. The second-order valence-electron chi connectivity index (χ2n) is 8.75. The Labute approximate surface area is 172 Å². The SMILES string of the molecule is CC(C)(C)c1ccc2c(c1)c1ccccc1n2-c1ccc(-c2ccccc2)cc1. The molecule has 4 aromatic carbocycles. The number of fused-ring (bicyclic) bond motifs is 3. The number of para-hydroxylation sites is 1. The van der Waals surface area contributed by atoms with Crippen LogP contribution < -0.4 is 0 Å². The van der Waals surface area contributed by atoms with E-state index in [1.165, 1.54) is 44.2 Å². The smallest absolute Gasteiger partial charge is 0.0541 e. The normalized spacial score (nSPS) is 12.0. The summed E-state index contributed by atoms with van der Waals surface area (Å²) >= 11 is 0. The van der Waals surface area contributed by atoms with Crippen LogP contribution in [-0.4, -0.2) is 4.57 Å². The van der Waals surface area contributed by atoms with Crippen LogP contribution in [-0.2, 0) is 5.41 Å². The molecule has 1 aromatic heterocycles. The number of rotatable bonds is 2. The summed E-state index contributed by atoms with van der Waals surface area (Å²) in [6.45, 7) is 6.82. The van der Waals surface area contributed by atoms with Crippen LogP contribution in [0.4, 0.5) is 0 Å². The Morgan fingerprint density at radius 1 is 0.552 bits per heavy atom. The molecule has 0 fully saturated rings. The summed E-state index contributed by atoms with van der Waals surface area (Å²) in [4.78, 5) is 0. The van der Waals surface area contributed by atoms with Crippen LogP contribution in [0.1, 0.15) is 26.3 Å². The minimum Gasteiger partial charge on any atom is -0.309 e. The molecule has 0 saturated carbocycles. The van der Waals surface area contributed by atoms with Gasteiger partial charge < -0.3 is 4.57 Å². The van der Waals surface area contributed by atoms with E-state index in [4.69, 9.17) is 0 Å². The van der Waals surface area contributed by atoms with Gasteiger partial charge in [0, 0.05) is 16.5 Å². The summed E-state index contributed by atoms with van der Waals surface area (Å²) in [5.74, 6) is 0. The highest BCUT2D eigenvalue weighted by Gasteiger charge is 2.17. The van der Waals surface area contributed by atoms with Gasteiger partial charge >= 0.3 is 0 Å². The van der Waals surface area contributed by atoms with Crippen LogP contribution in [0.15, 0.2) is 97.1 Å². The van der Waals surface area contributed by atoms with Crippen molar-refractivity contribution >= 4 is 21.8 Å². The average Bonchev–Trinajstić information content (AvgIpc) is 3.08. The van der Waals surface area contributed by atoms with Gasteiger partial charge in [-0.05, 0) is 52.4 Å². The van der Waals surface area contributed by atoms with Crippen molar-refractivity contribution in [3.63, 3.8) is 0 Å². The number of aromatic nitrogens is 1. The summed E-state index contributed by atoms with van der Waals surface area (Å²) < 4.78 is 2.38. The predicted molar refractivity (Wildman–Crippen MR) is 125 cm³/mol. The van der Waals surface area contributed by atoms with Gasteiger partial charge in [0.1, 0.15) is 0 Å². The lowest BCUT2D eigenvalue weighted by Crippen LogP contribution is -2.10. The predicted octanol–water partition coefficient (Wildman–Crippen LogP) is 7.75. The van der Waals surface area contributed by atoms with Gasteiger partial charge in [-0.1, -0.05) is 87.5 Å². The molecule has 1 heterocycles. The first kappa shape index (κ1) is 17.8. The van der Waals surface area contributed by atoms with E-state index in [2.05, 4.69) is 122 Å². The molecule has 0 saturated heterocycles. The Kier molecular flexibility index (Phi) is 4.06. The van der Waals surface area contributed by atoms with Crippen molar-refractivity contribution < 1.29 is 0 Å². The van der Waals surface area contributed by atoms with Crippen LogP contribution in [0.25, 0.3) is 38.6 Å². The third kappa shape index (κ3) is 3.03. The van der Waals surface area contributed by atoms with Crippen LogP contribution in [0.3, 0.4) is 0 Å². The maximum absolute atomic E-state index is 2.38. The second-order valence-corrected chi connectivity index (χ2v) is 8.75. The number of benzene rings is 4. The molecular weight excluding hydrogens is 350 g/mol. The van der Waals surface area contributed by atoms with E-state index in [0.717, 1.165) is 0 Å². The van der Waals surface area contributed by atoms with Crippen LogP contribution in [0.2, 0.25) is 0 Å². The Bertz CT molecular complexity index is 1300. The standard InChI is InChI=1S/C28H25N/c1-28(2,3)22-15-18-27-25(19-22)24-11-7-8-12-26(24)29(27)23-16-13-21(14-17-23)20-9-5-4-6-10-20/h4-19H,1-3H3. The average molecular weight is 376 g/mol. The van der Waals surface area contributed by atoms with E-state index < -0.39 is 0 Å². The molecule has 5 aromatic rings. The Morgan fingerprint density at radius 3 is 1.90 bits per heavy atom. The quantitative estimate of drug-likeness (QED) is 0.297. The highest BCUT2D eigenvalue weighted by Crippen LogP contribution is 2.35. The van der Waals surface area contributed by atoms with Crippen LogP contribution >= 0.6 is 0 Å². The molecule has 0 unspecified atom stereocenters. The molecule has 0 aliphatic heterocycles. The molecule has 0 N–H and O–H groups in total. The van der Waals surface area contributed by atoms with Crippen molar-refractivity contribution in [1.82, 2.24) is 4.57 Å².